The van der Waals surface area contributed by atoms with Gasteiger partial charge in [0.1, 0.15) is 5.82 Å². The molecule has 0 saturated carbocycles. The van der Waals surface area contributed by atoms with Crippen LogP contribution in [0, 0.1) is 10.9 Å². The zero-order chi connectivity index (χ0) is 16.2. The van der Waals surface area contributed by atoms with Crippen molar-refractivity contribution in [2.45, 2.75) is 26.2 Å². The lowest BCUT2D eigenvalue weighted by molar-refractivity contribution is -0.120. The van der Waals surface area contributed by atoms with Gasteiger partial charge in [-0.3, -0.25) is 4.79 Å². The lowest BCUT2D eigenvalue weighted by Crippen LogP contribution is -2.26. The van der Waals surface area contributed by atoms with Gasteiger partial charge in [-0.25, -0.2) is 4.98 Å². The van der Waals surface area contributed by atoms with Crippen LogP contribution in [-0.2, 0) is 17.6 Å². The fraction of sp³-hybridized carbons (Fsp3) is 0.312. The molecule has 3 aromatic rings. The first-order chi connectivity index (χ1) is 11.1. The Morgan fingerprint density at radius 1 is 1.35 bits per heavy atom. The number of aryl methyl sites for hydroxylation is 2. The number of nitrogens with one attached hydrogen (secondary N) is 3. The van der Waals surface area contributed by atoms with Crippen molar-refractivity contribution in [3.05, 3.63) is 44.6 Å². The van der Waals surface area contributed by atoms with Gasteiger partial charge in [0.2, 0.25) is 5.91 Å². The van der Waals surface area contributed by atoms with Crippen LogP contribution in [0.3, 0.4) is 0 Å². The number of H-pyrrole nitrogens is 2. The minimum Gasteiger partial charge on any atom is -0.356 e. The van der Waals surface area contributed by atoms with Crippen LogP contribution in [0.4, 0.5) is 0 Å². The molecule has 0 radical (unpaired) electrons. The molecule has 0 fully saturated rings. The molecule has 3 rings (SSSR count). The van der Waals surface area contributed by atoms with E-state index in [-0.39, 0.29) is 5.91 Å². The van der Waals surface area contributed by atoms with Gasteiger partial charge in [0.05, 0.1) is 17.5 Å². The molecule has 23 heavy (non-hydrogen) atoms. The number of hydrogen-bond acceptors (Lipinski definition) is 4. The van der Waals surface area contributed by atoms with Crippen LogP contribution in [0.2, 0.25) is 0 Å². The van der Waals surface area contributed by atoms with Crippen molar-refractivity contribution < 1.29 is 4.79 Å². The Balaban J connectivity index is 1.45. The van der Waals surface area contributed by atoms with Gasteiger partial charge in [-0.05, 0) is 37.7 Å². The van der Waals surface area contributed by atoms with E-state index in [0.717, 1.165) is 44.2 Å². The van der Waals surface area contributed by atoms with E-state index in [2.05, 4.69) is 20.3 Å². The Bertz CT molecular complexity index is 844. The third kappa shape index (κ3) is 4.05. The molecule has 120 valence electrons. The highest BCUT2D eigenvalue weighted by Gasteiger charge is 2.08. The van der Waals surface area contributed by atoms with Crippen molar-refractivity contribution in [3.8, 4) is 0 Å². The molecule has 1 aromatic carbocycles. The Morgan fingerprint density at radius 2 is 2.17 bits per heavy atom. The fourth-order valence-corrected chi connectivity index (χ4v) is 3.71. The minimum absolute atomic E-state index is 0.0305. The van der Waals surface area contributed by atoms with Gasteiger partial charge in [0.25, 0.3) is 0 Å². The number of fused-ring (bicyclic) bond motifs is 1. The second kappa shape index (κ2) is 7.06. The zero-order valence-electron chi connectivity index (χ0n) is 12.8. The number of aromatic amines is 2. The molecule has 0 saturated heterocycles. The van der Waals surface area contributed by atoms with Crippen LogP contribution >= 0.6 is 23.6 Å². The first-order valence-electron chi connectivity index (χ1n) is 7.51. The smallest absolute Gasteiger partial charge is 0.225 e. The molecule has 0 bridgehead atoms. The highest BCUT2D eigenvalue weighted by Crippen LogP contribution is 2.15. The van der Waals surface area contributed by atoms with Gasteiger partial charge in [-0.15, -0.1) is 11.3 Å². The van der Waals surface area contributed by atoms with Crippen molar-refractivity contribution in [2.75, 3.05) is 6.54 Å². The Labute approximate surface area is 143 Å². The average molecular weight is 346 g/mol. The molecule has 0 aliphatic rings. The van der Waals surface area contributed by atoms with Crippen LogP contribution in [0.5, 0.6) is 0 Å². The normalized spacial score (nSPS) is 11.0. The van der Waals surface area contributed by atoms with Gasteiger partial charge in [0.15, 0.2) is 3.95 Å². The summed E-state index contributed by atoms with van der Waals surface area (Å²) in [7, 11) is 0. The molecule has 2 heterocycles. The summed E-state index contributed by atoms with van der Waals surface area (Å²) in [5.41, 5.74) is 3.02. The number of amides is 1. The Morgan fingerprint density at radius 3 is 2.91 bits per heavy atom. The number of thiazole rings is 1. The van der Waals surface area contributed by atoms with Gasteiger partial charge in [-0.2, -0.15) is 0 Å². The predicted molar refractivity (Wildman–Crippen MR) is 95.4 cm³/mol. The monoisotopic (exact) mass is 346 g/mol. The number of nitrogens with zero attached hydrogens (tertiary/aromatic N) is 1. The quantitative estimate of drug-likeness (QED) is 0.474. The van der Waals surface area contributed by atoms with E-state index in [0.29, 0.717) is 13.0 Å². The van der Waals surface area contributed by atoms with Gasteiger partial charge >= 0.3 is 0 Å². The first kappa shape index (κ1) is 15.9. The van der Waals surface area contributed by atoms with E-state index >= 15 is 0 Å². The summed E-state index contributed by atoms with van der Waals surface area (Å²) in [6.45, 7) is 2.58. The number of aromatic nitrogens is 3. The van der Waals surface area contributed by atoms with Gasteiger partial charge in [-0.1, -0.05) is 12.1 Å². The van der Waals surface area contributed by atoms with Gasteiger partial charge in [0, 0.05) is 23.5 Å². The minimum atomic E-state index is 0.0305. The van der Waals surface area contributed by atoms with E-state index < -0.39 is 0 Å². The van der Waals surface area contributed by atoms with Crippen molar-refractivity contribution in [1.29, 1.82) is 0 Å². The van der Waals surface area contributed by atoms with Crippen LogP contribution in [0.1, 0.15) is 22.8 Å². The number of imidazole rings is 1. The first-order valence-corrected chi connectivity index (χ1v) is 8.73. The molecule has 2 aromatic heterocycles. The maximum absolute atomic E-state index is 12.0. The van der Waals surface area contributed by atoms with Crippen LogP contribution in [0.25, 0.3) is 11.0 Å². The van der Waals surface area contributed by atoms with E-state index in [1.54, 1.807) is 0 Å². The van der Waals surface area contributed by atoms with E-state index in [4.69, 9.17) is 12.2 Å². The zero-order valence-corrected chi connectivity index (χ0v) is 14.4. The highest BCUT2D eigenvalue weighted by atomic mass is 32.1. The molecule has 0 unspecified atom stereocenters. The molecule has 0 aliphatic heterocycles. The largest absolute Gasteiger partial charge is 0.356 e. The number of benzene rings is 1. The van der Waals surface area contributed by atoms with E-state index in [1.807, 2.05) is 31.2 Å². The molecular weight excluding hydrogens is 328 g/mol. The second-order valence-corrected chi connectivity index (χ2v) is 7.17. The van der Waals surface area contributed by atoms with Crippen LogP contribution in [0.15, 0.2) is 24.3 Å². The number of hydrogen-bond donors (Lipinski definition) is 3. The highest BCUT2D eigenvalue weighted by molar-refractivity contribution is 7.73. The maximum atomic E-state index is 12.0. The molecule has 7 heteroatoms. The SMILES string of the molecule is Cc1[nH]c(=S)sc1CC(=O)NCCCc1nc2ccccc2[nH]1. The van der Waals surface area contributed by atoms with Gasteiger partial charge < -0.3 is 15.3 Å². The van der Waals surface area contributed by atoms with Crippen LogP contribution < -0.4 is 5.32 Å². The summed E-state index contributed by atoms with van der Waals surface area (Å²) < 4.78 is 0.718. The van der Waals surface area contributed by atoms with Crippen molar-refractivity contribution in [2.24, 2.45) is 0 Å². The number of rotatable bonds is 6. The summed E-state index contributed by atoms with van der Waals surface area (Å²) in [5, 5.41) is 2.95. The lowest BCUT2D eigenvalue weighted by atomic mass is 10.2. The third-order valence-corrected chi connectivity index (χ3v) is 4.93. The number of carbonyl (C=O) groups is 1. The second-order valence-electron chi connectivity index (χ2n) is 5.39. The number of para-hydroxylation sites is 2. The number of carbonyl (C=O) groups excluding carboxylic acids is 1. The summed E-state index contributed by atoms with van der Waals surface area (Å²) in [5.74, 6) is 0.989. The van der Waals surface area contributed by atoms with Crippen molar-refractivity contribution in [1.82, 2.24) is 20.3 Å². The Hall–Kier alpha value is -1.99. The average Bonchev–Trinajstić information content (AvgIpc) is 3.06. The Kier molecular flexibility index (Phi) is 4.88. The summed E-state index contributed by atoms with van der Waals surface area (Å²) >= 11 is 6.55. The molecule has 0 spiro atoms. The molecular formula is C16H18N4OS2. The molecule has 1 amide bonds. The fourth-order valence-electron chi connectivity index (χ4n) is 2.42. The lowest BCUT2D eigenvalue weighted by Gasteiger charge is -2.03. The summed E-state index contributed by atoms with van der Waals surface area (Å²) in [6, 6.07) is 7.97. The molecule has 0 atom stereocenters. The van der Waals surface area contributed by atoms with Crippen LogP contribution in [-0.4, -0.2) is 27.4 Å². The van der Waals surface area contributed by atoms with Crippen molar-refractivity contribution in [3.63, 3.8) is 0 Å². The molecule has 3 N–H and O–H groups in total. The van der Waals surface area contributed by atoms with Crippen molar-refractivity contribution >= 4 is 40.5 Å². The molecule has 5 nitrogen and oxygen atoms in total. The molecule has 0 aliphatic carbocycles. The van der Waals surface area contributed by atoms with E-state index in [1.165, 1.54) is 11.3 Å². The standard InChI is InChI=1S/C16H18N4OS2/c1-10-13(23-16(22)18-10)9-15(21)17-8-4-7-14-19-11-5-2-3-6-12(11)20-14/h2-3,5-6H,4,7-9H2,1H3,(H,17,21)(H,18,22)(H,19,20). The summed E-state index contributed by atoms with van der Waals surface area (Å²) in [4.78, 5) is 23.8. The van der Waals surface area contributed by atoms with E-state index in [9.17, 15) is 4.79 Å². The predicted octanol–water partition coefficient (Wildman–Crippen LogP) is 3.28. The maximum Gasteiger partial charge on any atom is 0.225 e. The summed E-state index contributed by atoms with van der Waals surface area (Å²) in [6.07, 6.45) is 2.05. The third-order valence-electron chi connectivity index (χ3n) is 3.60. The topological polar surface area (TPSA) is 73.6 Å².